The van der Waals surface area contributed by atoms with Gasteiger partial charge in [-0.05, 0) is 21.5 Å². The van der Waals surface area contributed by atoms with Gasteiger partial charge >= 0.3 is 0 Å². The van der Waals surface area contributed by atoms with Crippen molar-refractivity contribution in [2.45, 2.75) is 4.90 Å². The van der Waals surface area contributed by atoms with Gasteiger partial charge in [0.2, 0.25) is 0 Å². The van der Waals surface area contributed by atoms with E-state index in [0.29, 0.717) is 0 Å². The molecule has 0 aliphatic carbocycles. The van der Waals surface area contributed by atoms with E-state index in [-0.39, 0.29) is 0 Å². The van der Waals surface area contributed by atoms with Gasteiger partial charge < -0.3 is 0 Å². The summed E-state index contributed by atoms with van der Waals surface area (Å²) in [5.74, 6) is 0. The molecule has 0 aromatic heterocycles. The van der Waals surface area contributed by atoms with Gasteiger partial charge in [0.05, 0.1) is 0 Å². The lowest BCUT2D eigenvalue weighted by atomic mass is 10.0. The first-order chi connectivity index (χ1) is 7.79. The molecule has 0 atom stereocenters. The summed E-state index contributed by atoms with van der Waals surface area (Å²) in [5.41, 5.74) is 0. The zero-order chi connectivity index (χ0) is 11.1. The summed E-state index contributed by atoms with van der Waals surface area (Å²) in [6, 6.07) is 16.8. The summed E-state index contributed by atoms with van der Waals surface area (Å²) in [5, 5.41) is 4.96. The van der Waals surface area contributed by atoms with Gasteiger partial charge in [-0.1, -0.05) is 48.5 Å². The van der Waals surface area contributed by atoms with Gasteiger partial charge in [0, 0.05) is 4.90 Å². The monoisotopic (exact) mass is 236 g/mol. The van der Waals surface area contributed by atoms with E-state index < -0.39 is 0 Å². The first-order valence-corrected chi connectivity index (χ1v) is 6.19. The van der Waals surface area contributed by atoms with Gasteiger partial charge in [-0.2, -0.15) is 0 Å². The molecule has 0 saturated heterocycles. The van der Waals surface area contributed by atoms with Crippen LogP contribution in [0.2, 0.25) is 0 Å². The Kier molecular flexibility index (Phi) is 2.44. The van der Waals surface area contributed by atoms with Crippen molar-refractivity contribution in [3.63, 3.8) is 0 Å². The van der Waals surface area contributed by atoms with Gasteiger partial charge in [0.15, 0.2) is 16.3 Å². The SMILES string of the molecule is [Al][c]1c2ccccc2c(S)c2ccccc12. The van der Waals surface area contributed by atoms with Crippen molar-refractivity contribution in [2.75, 3.05) is 0 Å². The molecule has 2 heteroatoms. The van der Waals surface area contributed by atoms with Crippen molar-refractivity contribution in [2.24, 2.45) is 0 Å². The van der Waals surface area contributed by atoms with E-state index in [9.17, 15) is 0 Å². The van der Waals surface area contributed by atoms with Crippen LogP contribution in [0.5, 0.6) is 0 Å². The fraction of sp³-hybridized carbons (Fsp3) is 0. The molecule has 0 aliphatic heterocycles. The Morgan fingerprint density at radius 2 is 1.06 bits per heavy atom. The van der Waals surface area contributed by atoms with Crippen molar-refractivity contribution in [3.8, 4) is 0 Å². The minimum Gasteiger partial charge on any atom is -0.142 e. The molecule has 2 radical (unpaired) electrons. The Morgan fingerprint density at radius 3 is 1.50 bits per heavy atom. The maximum Gasteiger partial charge on any atom is 0.177 e. The maximum atomic E-state index is 4.65. The molecular weight excluding hydrogens is 227 g/mol. The normalized spacial score (nSPS) is 11.1. The van der Waals surface area contributed by atoms with E-state index in [1.54, 1.807) is 0 Å². The molecule has 0 fully saturated rings. The summed E-state index contributed by atoms with van der Waals surface area (Å²) >= 11 is 7.50. The first kappa shape index (κ1) is 10.2. The average Bonchev–Trinajstić information content (AvgIpc) is 2.36. The van der Waals surface area contributed by atoms with E-state index in [4.69, 9.17) is 0 Å². The fourth-order valence-corrected chi connectivity index (χ4v) is 3.03. The van der Waals surface area contributed by atoms with Crippen LogP contribution in [0.1, 0.15) is 0 Å². The van der Waals surface area contributed by atoms with Gasteiger partial charge in [-0.3, -0.25) is 0 Å². The van der Waals surface area contributed by atoms with Crippen molar-refractivity contribution in [1.82, 2.24) is 0 Å². The third-order valence-electron chi connectivity index (χ3n) is 2.94. The highest BCUT2D eigenvalue weighted by atomic mass is 32.1. The lowest BCUT2D eigenvalue weighted by molar-refractivity contribution is 1.64. The van der Waals surface area contributed by atoms with Crippen LogP contribution in [0.25, 0.3) is 21.5 Å². The van der Waals surface area contributed by atoms with Crippen molar-refractivity contribution >= 4 is 54.9 Å². The molecular formula is C14H9AlS. The Morgan fingerprint density at radius 1 is 0.688 bits per heavy atom. The minimum atomic E-state index is 1.07. The Labute approximate surface area is 108 Å². The maximum absolute atomic E-state index is 4.65. The van der Waals surface area contributed by atoms with Crippen molar-refractivity contribution < 1.29 is 0 Å². The molecule has 0 saturated carbocycles. The lowest BCUT2D eigenvalue weighted by Crippen LogP contribution is -2.06. The van der Waals surface area contributed by atoms with Crippen LogP contribution in [0.4, 0.5) is 0 Å². The predicted octanol–water partition coefficient (Wildman–Crippen LogP) is 3.08. The number of rotatable bonds is 0. The second-order valence-electron chi connectivity index (χ2n) is 3.85. The Bertz CT molecular complexity index is 572. The van der Waals surface area contributed by atoms with Gasteiger partial charge in [0.1, 0.15) is 0 Å². The molecule has 3 aromatic carbocycles. The number of benzene rings is 3. The largest absolute Gasteiger partial charge is 0.177 e. The Hall–Kier alpha value is -0.938. The molecule has 74 valence electrons. The first-order valence-electron chi connectivity index (χ1n) is 5.17. The molecule has 0 N–H and O–H groups in total. The van der Waals surface area contributed by atoms with Crippen LogP contribution in [-0.2, 0) is 0 Å². The third kappa shape index (κ3) is 1.38. The highest BCUT2D eigenvalue weighted by Gasteiger charge is 2.06. The highest BCUT2D eigenvalue weighted by molar-refractivity contribution is 7.80. The van der Waals surface area contributed by atoms with Crippen LogP contribution >= 0.6 is 12.6 Å². The molecule has 0 aliphatic rings. The molecule has 0 nitrogen and oxygen atoms in total. The number of hydrogen-bond donors (Lipinski definition) is 1. The zero-order valence-electron chi connectivity index (χ0n) is 8.64. The number of hydrogen-bond acceptors (Lipinski definition) is 1. The quantitative estimate of drug-likeness (QED) is 0.346. The van der Waals surface area contributed by atoms with Crippen molar-refractivity contribution in [3.05, 3.63) is 48.5 Å². The van der Waals surface area contributed by atoms with E-state index in [1.165, 1.54) is 26.0 Å². The van der Waals surface area contributed by atoms with Crippen LogP contribution in [0, 0.1) is 0 Å². The van der Waals surface area contributed by atoms with Gasteiger partial charge in [0.25, 0.3) is 0 Å². The molecule has 0 bridgehead atoms. The van der Waals surface area contributed by atoms with Crippen LogP contribution in [0.3, 0.4) is 0 Å². The van der Waals surface area contributed by atoms with Gasteiger partial charge in [-0.15, -0.1) is 17.1 Å². The van der Waals surface area contributed by atoms with Crippen LogP contribution in [-0.4, -0.2) is 16.3 Å². The van der Waals surface area contributed by atoms with Crippen molar-refractivity contribution in [1.29, 1.82) is 0 Å². The molecule has 0 unspecified atom stereocenters. The smallest absolute Gasteiger partial charge is 0.142 e. The van der Waals surface area contributed by atoms with Gasteiger partial charge in [-0.25, -0.2) is 0 Å². The topological polar surface area (TPSA) is 0 Å². The van der Waals surface area contributed by atoms with E-state index in [0.717, 1.165) is 4.90 Å². The van der Waals surface area contributed by atoms with Crippen LogP contribution in [0.15, 0.2) is 53.4 Å². The summed E-state index contributed by atoms with van der Waals surface area (Å²) < 4.78 is 1.25. The van der Waals surface area contributed by atoms with Crippen LogP contribution < -0.4 is 4.43 Å². The predicted molar refractivity (Wildman–Crippen MR) is 74.1 cm³/mol. The second-order valence-corrected chi connectivity index (χ2v) is 4.88. The molecule has 3 aromatic rings. The summed E-state index contributed by atoms with van der Waals surface area (Å²) in [7, 11) is 0. The zero-order valence-corrected chi connectivity index (χ0v) is 10.7. The average molecular weight is 236 g/mol. The summed E-state index contributed by atoms with van der Waals surface area (Å²) in [6.07, 6.45) is 0. The Balaban J connectivity index is 2.67. The molecule has 0 amide bonds. The summed E-state index contributed by atoms with van der Waals surface area (Å²) in [6.45, 7) is 0. The lowest BCUT2D eigenvalue weighted by Gasteiger charge is -2.11. The molecule has 3 rings (SSSR count). The minimum absolute atomic E-state index is 1.07. The fourth-order valence-electron chi connectivity index (χ4n) is 2.14. The number of fused-ring (bicyclic) bond motifs is 2. The standard InChI is InChI=1S/C14H9S.Al/c15-14-12-7-3-1-5-10(12)9-11-6-2-4-8-13(11)14;/h1-8,15H;. The molecule has 16 heavy (non-hydrogen) atoms. The second kappa shape index (κ2) is 3.82. The van der Waals surface area contributed by atoms with E-state index >= 15 is 0 Å². The summed E-state index contributed by atoms with van der Waals surface area (Å²) in [4.78, 5) is 1.07. The third-order valence-corrected chi connectivity index (χ3v) is 4.05. The molecule has 0 spiro atoms. The van der Waals surface area contributed by atoms with E-state index in [2.05, 4.69) is 77.5 Å². The van der Waals surface area contributed by atoms with E-state index in [1.807, 2.05) is 0 Å². The molecule has 0 heterocycles. The highest BCUT2D eigenvalue weighted by Crippen LogP contribution is 2.28. The number of thiol groups is 1.